The molecule has 4 atom stereocenters. The van der Waals surface area contributed by atoms with Crippen molar-refractivity contribution in [2.45, 2.75) is 25.1 Å². The maximum absolute atomic E-state index is 5.84. The minimum Gasteiger partial charge on any atom is -0.382 e. The first kappa shape index (κ1) is 12.4. The average molecular weight is 216 g/mol. The van der Waals surface area contributed by atoms with Crippen LogP contribution in [-0.4, -0.2) is 53.1 Å². The van der Waals surface area contributed by atoms with Crippen LogP contribution in [0, 0.1) is 5.92 Å². The molecule has 0 saturated carbocycles. The van der Waals surface area contributed by atoms with Crippen LogP contribution >= 0.6 is 8.15 Å². The van der Waals surface area contributed by atoms with Crippen LogP contribution in [0.4, 0.5) is 0 Å². The molecule has 1 heterocycles. The van der Waals surface area contributed by atoms with Gasteiger partial charge in [0.25, 0.3) is 0 Å². The summed E-state index contributed by atoms with van der Waals surface area (Å²) in [5, 5.41) is 0. The summed E-state index contributed by atoms with van der Waals surface area (Å²) in [5.41, 5.74) is 0. The molecule has 1 rings (SSSR count). The first-order chi connectivity index (χ1) is 6.56. The highest BCUT2D eigenvalue weighted by atomic mass is 31.1. The van der Waals surface area contributed by atoms with Crippen LogP contribution in [0.25, 0.3) is 0 Å². The molecule has 1 fully saturated rings. The molecule has 0 aromatic heterocycles. The zero-order valence-corrected chi connectivity index (χ0v) is 10.2. The van der Waals surface area contributed by atoms with Crippen molar-refractivity contribution in [2.24, 2.45) is 5.92 Å². The van der Waals surface area contributed by atoms with Crippen molar-refractivity contribution in [2.75, 3.05) is 27.0 Å². The molecule has 0 aromatic rings. The zero-order chi connectivity index (χ0) is 10.7. The Kier molecular flexibility index (Phi) is 4.85. The number of rotatable bonds is 4. The summed E-state index contributed by atoms with van der Waals surface area (Å²) in [6, 6.07) is -0.227. The Hall–Kier alpha value is 0.375. The van der Waals surface area contributed by atoms with Crippen molar-refractivity contribution >= 4 is 16.0 Å². The predicted octanol–water partition coefficient (Wildman–Crippen LogP) is 1.20. The summed E-state index contributed by atoms with van der Waals surface area (Å²) in [6.07, 6.45) is 0.0564. The van der Waals surface area contributed by atoms with E-state index in [1.165, 1.54) is 0 Å². The van der Waals surface area contributed by atoms with Gasteiger partial charge in [0.2, 0.25) is 0 Å². The molecule has 0 amide bonds. The van der Waals surface area contributed by atoms with Crippen LogP contribution in [0.1, 0.15) is 6.92 Å². The highest BCUT2D eigenvalue weighted by molar-refractivity contribution is 7.50. The lowest BCUT2D eigenvalue weighted by molar-refractivity contribution is -0.00791. The highest BCUT2D eigenvalue weighted by Crippen LogP contribution is 2.37. The summed E-state index contributed by atoms with van der Waals surface area (Å²) in [5.74, 6) is 0.236. The third-order valence-corrected chi connectivity index (χ3v) is 3.06. The number of hydrogen-bond acceptors (Lipinski definition) is 3. The second-order valence-electron chi connectivity index (χ2n) is 3.84. The second kappa shape index (κ2) is 5.46. The molecule has 1 aliphatic heterocycles. The van der Waals surface area contributed by atoms with Crippen LogP contribution in [-0.2, 0) is 14.0 Å². The molecule has 3 nitrogen and oxygen atoms in total. The van der Waals surface area contributed by atoms with E-state index < -0.39 is 0 Å². The topological polar surface area (TPSA) is 27.7 Å². The molecule has 0 bridgehead atoms. The van der Waals surface area contributed by atoms with Crippen LogP contribution < -0.4 is 0 Å². The lowest BCUT2D eigenvalue weighted by Crippen LogP contribution is -2.30. The lowest BCUT2D eigenvalue weighted by atomic mass is 9.86. The molecule has 0 aromatic carbocycles. The van der Waals surface area contributed by atoms with Gasteiger partial charge in [-0.3, -0.25) is 0 Å². The van der Waals surface area contributed by atoms with Crippen molar-refractivity contribution in [1.82, 2.24) is 0 Å². The second-order valence-corrected chi connectivity index (χ2v) is 5.67. The van der Waals surface area contributed by atoms with Crippen LogP contribution in [0.15, 0.2) is 0 Å². The summed E-state index contributed by atoms with van der Waals surface area (Å²) < 4.78 is 16.5. The van der Waals surface area contributed by atoms with Crippen molar-refractivity contribution in [3.8, 4) is 0 Å². The van der Waals surface area contributed by atoms with E-state index in [1.807, 2.05) is 0 Å². The maximum atomic E-state index is 5.84. The fourth-order valence-electron chi connectivity index (χ4n) is 1.63. The van der Waals surface area contributed by atoms with Gasteiger partial charge in [0.1, 0.15) is 14.0 Å². The van der Waals surface area contributed by atoms with Gasteiger partial charge in [-0.2, -0.15) is 0 Å². The predicted molar refractivity (Wildman–Crippen MR) is 59.1 cm³/mol. The normalized spacial score (nSPS) is 38.1. The first-order valence-corrected chi connectivity index (χ1v) is 6.95. The molecule has 1 saturated heterocycles. The van der Waals surface area contributed by atoms with E-state index in [0.717, 1.165) is 0 Å². The fraction of sp³-hybridized carbons (Fsp3) is 1.00. The van der Waals surface area contributed by atoms with E-state index >= 15 is 0 Å². The van der Waals surface area contributed by atoms with Gasteiger partial charge < -0.3 is 14.0 Å². The average Bonchev–Trinajstić information content (AvgIpc) is 2.33. The quantitative estimate of drug-likeness (QED) is 0.522. The number of ether oxygens (including phenoxy) is 2. The van der Waals surface area contributed by atoms with E-state index in [2.05, 4.69) is 20.3 Å². The standard InChI is InChI=1S/C9H18BO3P/c1-6-8(13-14(3)4)7(5-11-2)12-9(6)10/h6-9H,5H2,1-4H3/t6?,7-,8?,9-/m1/s1. The Balaban J connectivity index is 2.56. The monoisotopic (exact) mass is 216 g/mol. The van der Waals surface area contributed by atoms with Gasteiger partial charge in [-0.15, -0.1) is 0 Å². The van der Waals surface area contributed by atoms with Gasteiger partial charge in [0.15, 0.2) is 0 Å². The Morgan fingerprint density at radius 2 is 2.07 bits per heavy atom. The van der Waals surface area contributed by atoms with Crippen LogP contribution in [0.2, 0.25) is 0 Å². The molecular weight excluding hydrogens is 198 g/mol. The van der Waals surface area contributed by atoms with Crippen molar-refractivity contribution in [3.63, 3.8) is 0 Å². The SMILES string of the molecule is [B][C@@H]1O[C@H](COC)C(OP(C)C)C1C. The summed E-state index contributed by atoms with van der Waals surface area (Å²) in [6.45, 7) is 6.77. The van der Waals surface area contributed by atoms with E-state index in [0.29, 0.717) is 6.61 Å². The van der Waals surface area contributed by atoms with Gasteiger partial charge in [-0.25, -0.2) is 0 Å². The van der Waals surface area contributed by atoms with E-state index in [1.54, 1.807) is 7.11 Å². The maximum Gasteiger partial charge on any atom is 0.109 e. The molecule has 14 heavy (non-hydrogen) atoms. The van der Waals surface area contributed by atoms with E-state index in [-0.39, 0.29) is 32.3 Å². The Morgan fingerprint density at radius 3 is 2.57 bits per heavy atom. The van der Waals surface area contributed by atoms with Crippen LogP contribution in [0.5, 0.6) is 0 Å². The molecule has 1 aliphatic rings. The molecular formula is C9H18BO3P. The van der Waals surface area contributed by atoms with Crippen molar-refractivity contribution in [1.29, 1.82) is 0 Å². The Morgan fingerprint density at radius 1 is 1.43 bits per heavy atom. The van der Waals surface area contributed by atoms with E-state index in [9.17, 15) is 0 Å². The Bertz CT molecular complexity index is 179. The van der Waals surface area contributed by atoms with Crippen molar-refractivity contribution < 1.29 is 14.0 Å². The minimum atomic E-state index is -0.386. The van der Waals surface area contributed by atoms with Crippen LogP contribution in [0.3, 0.4) is 0 Å². The summed E-state index contributed by atoms with van der Waals surface area (Å²) in [4.78, 5) is 0. The number of hydrogen-bond donors (Lipinski definition) is 0. The third-order valence-electron chi connectivity index (χ3n) is 2.40. The fourth-order valence-corrected chi connectivity index (χ4v) is 2.45. The molecule has 2 radical (unpaired) electrons. The largest absolute Gasteiger partial charge is 0.382 e. The molecule has 5 heteroatoms. The first-order valence-electron chi connectivity index (χ1n) is 4.80. The van der Waals surface area contributed by atoms with Gasteiger partial charge in [-0.1, -0.05) is 6.92 Å². The van der Waals surface area contributed by atoms with Gasteiger partial charge in [0, 0.05) is 27.2 Å². The Labute approximate surface area is 88.7 Å². The van der Waals surface area contributed by atoms with E-state index in [4.69, 9.17) is 21.8 Å². The third kappa shape index (κ3) is 2.93. The molecule has 2 unspecified atom stereocenters. The van der Waals surface area contributed by atoms with Gasteiger partial charge >= 0.3 is 0 Å². The molecule has 0 aliphatic carbocycles. The summed E-state index contributed by atoms with van der Waals surface area (Å²) >= 11 is 0. The van der Waals surface area contributed by atoms with Gasteiger partial charge in [0.05, 0.1) is 12.7 Å². The molecule has 0 spiro atoms. The summed E-state index contributed by atoms with van der Waals surface area (Å²) in [7, 11) is 7.09. The highest BCUT2D eigenvalue weighted by Gasteiger charge is 2.40. The lowest BCUT2D eigenvalue weighted by Gasteiger charge is -2.23. The minimum absolute atomic E-state index is 0.0186. The number of methoxy groups -OCH3 is 1. The van der Waals surface area contributed by atoms with Gasteiger partial charge in [-0.05, 0) is 13.3 Å². The molecule has 0 N–H and O–H groups in total. The smallest absolute Gasteiger partial charge is 0.109 e. The zero-order valence-electron chi connectivity index (χ0n) is 9.27. The van der Waals surface area contributed by atoms with Crippen molar-refractivity contribution in [3.05, 3.63) is 0 Å². The molecule has 80 valence electrons.